The number of ether oxygens (including phenoxy) is 2. The highest BCUT2D eigenvalue weighted by atomic mass is 35.5. The van der Waals surface area contributed by atoms with Gasteiger partial charge in [-0.15, -0.1) is 0 Å². The number of anilines is 2. The van der Waals surface area contributed by atoms with Gasteiger partial charge in [0, 0.05) is 23.5 Å². The standard InChI is InChI=1S/C22H26ClNO3/c1-16(25)20-15-19(10-11-21(20)23)24-18-8-4-6-17(14-18)7-5-13-27-22-9-2-3-12-26-22/h4,6,8,10-11,14-15,22,24H,2-3,5,7,9,12-13H2,1H3. The Balaban J connectivity index is 1.52. The van der Waals surface area contributed by atoms with Crippen LogP contribution in [-0.2, 0) is 15.9 Å². The van der Waals surface area contributed by atoms with Gasteiger partial charge in [0.25, 0.3) is 0 Å². The summed E-state index contributed by atoms with van der Waals surface area (Å²) >= 11 is 6.08. The lowest BCUT2D eigenvalue weighted by molar-refractivity contribution is -0.162. The van der Waals surface area contributed by atoms with Crippen molar-refractivity contribution in [2.24, 2.45) is 0 Å². The van der Waals surface area contributed by atoms with Crippen molar-refractivity contribution in [1.82, 2.24) is 0 Å². The van der Waals surface area contributed by atoms with Crippen LogP contribution in [0.1, 0.15) is 48.5 Å². The van der Waals surface area contributed by atoms with Gasteiger partial charge in [0.2, 0.25) is 0 Å². The Hall–Kier alpha value is -1.88. The maximum absolute atomic E-state index is 11.7. The lowest BCUT2D eigenvalue weighted by Crippen LogP contribution is -2.22. The summed E-state index contributed by atoms with van der Waals surface area (Å²) in [7, 11) is 0. The first-order chi connectivity index (χ1) is 13.1. The Morgan fingerprint density at radius 2 is 2.07 bits per heavy atom. The molecular formula is C22H26ClNO3. The molecule has 1 aliphatic heterocycles. The van der Waals surface area contributed by atoms with Gasteiger partial charge in [0.15, 0.2) is 12.1 Å². The third kappa shape index (κ3) is 6.06. The second kappa shape index (κ2) is 9.88. The first-order valence-electron chi connectivity index (χ1n) is 9.51. The predicted octanol–water partition coefficient (Wildman–Crippen LogP) is 5.76. The molecule has 4 nitrogen and oxygen atoms in total. The van der Waals surface area contributed by atoms with Crippen molar-refractivity contribution in [2.75, 3.05) is 18.5 Å². The maximum Gasteiger partial charge on any atom is 0.161 e. The van der Waals surface area contributed by atoms with Crippen molar-refractivity contribution < 1.29 is 14.3 Å². The van der Waals surface area contributed by atoms with Gasteiger partial charge in [-0.2, -0.15) is 0 Å². The molecule has 3 rings (SSSR count). The van der Waals surface area contributed by atoms with Gasteiger partial charge in [-0.1, -0.05) is 23.7 Å². The summed E-state index contributed by atoms with van der Waals surface area (Å²) in [6, 6.07) is 13.7. The molecule has 2 aromatic rings. The number of halogens is 1. The van der Waals surface area contributed by atoms with E-state index in [2.05, 4.69) is 17.4 Å². The lowest BCUT2D eigenvalue weighted by atomic mass is 10.1. The Bertz CT molecular complexity index is 772. The molecule has 1 N–H and O–H groups in total. The number of nitrogens with one attached hydrogen (secondary N) is 1. The van der Waals surface area contributed by atoms with E-state index in [-0.39, 0.29) is 12.1 Å². The quantitative estimate of drug-likeness (QED) is 0.462. The smallest absolute Gasteiger partial charge is 0.161 e. The average Bonchev–Trinajstić information content (AvgIpc) is 2.68. The molecule has 0 bridgehead atoms. The van der Waals surface area contributed by atoms with Crippen molar-refractivity contribution in [3.63, 3.8) is 0 Å². The molecule has 1 heterocycles. The van der Waals surface area contributed by atoms with Gasteiger partial charge < -0.3 is 14.8 Å². The van der Waals surface area contributed by atoms with E-state index in [1.807, 2.05) is 18.2 Å². The normalized spacial score (nSPS) is 16.9. The van der Waals surface area contributed by atoms with Crippen molar-refractivity contribution in [3.8, 4) is 0 Å². The molecule has 0 amide bonds. The molecule has 5 heteroatoms. The average molecular weight is 388 g/mol. The summed E-state index contributed by atoms with van der Waals surface area (Å²) in [5.74, 6) is -0.0423. The van der Waals surface area contributed by atoms with E-state index in [0.29, 0.717) is 17.2 Å². The fraction of sp³-hybridized carbons (Fsp3) is 0.409. The van der Waals surface area contributed by atoms with Crippen LogP contribution in [0.15, 0.2) is 42.5 Å². The molecule has 0 spiro atoms. The number of aryl methyl sites for hydroxylation is 1. The van der Waals surface area contributed by atoms with Crippen LogP contribution in [0, 0.1) is 0 Å². The second-order valence-corrected chi connectivity index (χ2v) is 7.25. The van der Waals surface area contributed by atoms with E-state index in [9.17, 15) is 4.79 Å². The van der Waals surface area contributed by atoms with Gasteiger partial charge in [-0.3, -0.25) is 4.79 Å². The number of ketones is 1. The van der Waals surface area contributed by atoms with Crippen LogP contribution in [0.25, 0.3) is 0 Å². The highest BCUT2D eigenvalue weighted by Gasteiger charge is 2.13. The maximum atomic E-state index is 11.7. The fourth-order valence-electron chi connectivity index (χ4n) is 3.18. The van der Waals surface area contributed by atoms with E-state index in [1.165, 1.54) is 18.9 Å². The van der Waals surface area contributed by atoms with Gasteiger partial charge >= 0.3 is 0 Å². The molecule has 144 valence electrons. The van der Waals surface area contributed by atoms with Crippen LogP contribution >= 0.6 is 11.6 Å². The first kappa shape index (κ1) is 19.9. The Morgan fingerprint density at radius 1 is 1.22 bits per heavy atom. The van der Waals surface area contributed by atoms with Crippen LogP contribution in [0.4, 0.5) is 11.4 Å². The molecule has 27 heavy (non-hydrogen) atoms. The van der Waals surface area contributed by atoms with Gasteiger partial charge in [-0.25, -0.2) is 0 Å². The van der Waals surface area contributed by atoms with Crippen LogP contribution in [0.3, 0.4) is 0 Å². The molecule has 1 fully saturated rings. The van der Waals surface area contributed by atoms with Crippen molar-refractivity contribution in [3.05, 3.63) is 58.6 Å². The van der Waals surface area contributed by atoms with Gasteiger partial charge in [-0.05, 0) is 74.9 Å². The van der Waals surface area contributed by atoms with Gasteiger partial charge in [0.1, 0.15) is 0 Å². The molecule has 0 saturated carbocycles. The first-order valence-corrected chi connectivity index (χ1v) is 9.89. The number of rotatable bonds is 8. The zero-order chi connectivity index (χ0) is 19.1. The molecular weight excluding hydrogens is 362 g/mol. The Morgan fingerprint density at radius 3 is 2.85 bits per heavy atom. The number of carbonyl (C=O) groups is 1. The lowest BCUT2D eigenvalue weighted by Gasteiger charge is -2.22. The van der Waals surface area contributed by atoms with Crippen LogP contribution in [0.2, 0.25) is 5.02 Å². The Labute approximate surface area is 165 Å². The summed E-state index contributed by atoms with van der Waals surface area (Å²) in [6.45, 7) is 3.04. The Kier molecular flexibility index (Phi) is 7.27. The molecule has 1 atom stereocenters. The molecule has 2 aromatic carbocycles. The fourth-order valence-corrected chi connectivity index (χ4v) is 3.43. The monoisotopic (exact) mass is 387 g/mol. The summed E-state index contributed by atoms with van der Waals surface area (Å²) in [5.41, 5.74) is 3.61. The van der Waals surface area contributed by atoms with E-state index in [0.717, 1.165) is 43.7 Å². The summed E-state index contributed by atoms with van der Waals surface area (Å²) in [6.07, 6.45) is 5.21. The number of hydrogen-bond donors (Lipinski definition) is 1. The third-order valence-electron chi connectivity index (χ3n) is 4.61. The minimum Gasteiger partial charge on any atom is -0.355 e. The zero-order valence-electron chi connectivity index (χ0n) is 15.7. The van der Waals surface area contributed by atoms with E-state index in [1.54, 1.807) is 12.1 Å². The van der Waals surface area contributed by atoms with E-state index < -0.39 is 0 Å². The minimum atomic E-state index is -0.0423. The van der Waals surface area contributed by atoms with E-state index >= 15 is 0 Å². The summed E-state index contributed by atoms with van der Waals surface area (Å²) in [4.78, 5) is 11.7. The number of hydrogen-bond acceptors (Lipinski definition) is 4. The highest BCUT2D eigenvalue weighted by molar-refractivity contribution is 6.34. The zero-order valence-corrected chi connectivity index (χ0v) is 16.4. The van der Waals surface area contributed by atoms with Gasteiger partial charge in [0.05, 0.1) is 11.6 Å². The molecule has 1 saturated heterocycles. The number of benzene rings is 2. The number of Topliss-reactive ketones (excluding diaryl/α,β-unsaturated/α-hetero) is 1. The van der Waals surface area contributed by atoms with Crippen molar-refractivity contribution in [1.29, 1.82) is 0 Å². The summed E-state index contributed by atoms with van der Waals surface area (Å²) < 4.78 is 11.4. The van der Waals surface area contributed by atoms with Crippen LogP contribution in [0.5, 0.6) is 0 Å². The number of carbonyl (C=O) groups excluding carboxylic acids is 1. The molecule has 1 aliphatic rings. The molecule has 0 radical (unpaired) electrons. The second-order valence-electron chi connectivity index (χ2n) is 6.85. The van der Waals surface area contributed by atoms with Crippen molar-refractivity contribution in [2.45, 2.75) is 45.3 Å². The predicted molar refractivity (Wildman–Crippen MR) is 109 cm³/mol. The highest BCUT2D eigenvalue weighted by Crippen LogP contribution is 2.24. The minimum absolute atomic E-state index is 0.0212. The van der Waals surface area contributed by atoms with Crippen molar-refractivity contribution >= 4 is 28.8 Å². The SMILES string of the molecule is CC(=O)c1cc(Nc2cccc(CCCOC3CCCCO3)c2)ccc1Cl. The van der Waals surface area contributed by atoms with Crippen LogP contribution < -0.4 is 5.32 Å². The molecule has 0 aromatic heterocycles. The topological polar surface area (TPSA) is 47.6 Å². The molecule has 1 unspecified atom stereocenters. The summed E-state index contributed by atoms with van der Waals surface area (Å²) in [5, 5.41) is 3.82. The third-order valence-corrected chi connectivity index (χ3v) is 4.94. The molecule has 0 aliphatic carbocycles. The largest absolute Gasteiger partial charge is 0.355 e. The van der Waals surface area contributed by atoms with E-state index in [4.69, 9.17) is 21.1 Å². The van der Waals surface area contributed by atoms with Crippen LogP contribution in [-0.4, -0.2) is 25.3 Å².